The molecule has 1 saturated heterocycles. The van der Waals surface area contributed by atoms with Crippen LogP contribution in [0.1, 0.15) is 24.8 Å². The lowest BCUT2D eigenvalue weighted by Crippen LogP contribution is -2.37. The first-order chi connectivity index (χ1) is 12.7. The zero-order chi connectivity index (χ0) is 18.4. The summed E-state index contributed by atoms with van der Waals surface area (Å²) in [6.45, 7) is 3.03. The molecule has 1 aliphatic heterocycles. The Labute approximate surface area is 155 Å². The van der Waals surface area contributed by atoms with E-state index in [2.05, 4.69) is 11.4 Å². The number of fused-ring (bicyclic) bond motifs is 1. The van der Waals surface area contributed by atoms with Gasteiger partial charge in [-0.05, 0) is 42.2 Å². The van der Waals surface area contributed by atoms with E-state index in [0.29, 0.717) is 19.0 Å². The van der Waals surface area contributed by atoms with Crippen LogP contribution in [0.2, 0.25) is 0 Å². The molecule has 1 N–H and O–H groups in total. The number of rotatable bonds is 7. The first-order valence-corrected chi connectivity index (χ1v) is 9.30. The minimum absolute atomic E-state index is 0.0347. The number of nitrogens with one attached hydrogen (secondary N) is 1. The fourth-order valence-electron chi connectivity index (χ4n) is 3.51. The third-order valence-electron chi connectivity index (χ3n) is 5.04. The molecule has 0 unspecified atom stereocenters. The zero-order valence-corrected chi connectivity index (χ0v) is 15.7. The summed E-state index contributed by atoms with van der Waals surface area (Å²) in [6, 6.07) is 12.1. The quantitative estimate of drug-likeness (QED) is 0.768. The standard InChI is InChI=1S/C21H28N2O3/c1-23(21(24)22-12-5-6-16-11-13-26-15-16)14-17-9-10-20(25-2)19-8-4-3-7-18(17)19/h3-4,7-10,16H,5-6,11-15H2,1-2H3,(H,22,24)/t16-/m1/s1. The summed E-state index contributed by atoms with van der Waals surface area (Å²) < 4.78 is 10.8. The molecule has 2 aromatic carbocycles. The van der Waals surface area contributed by atoms with Crippen molar-refractivity contribution >= 4 is 16.8 Å². The lowest BCUT2D eigenvalue weighted by molar-refractivity contribution is 0.183. The van der Waals surface area contributed by atoms with Gasteiger partial charge < -0.3 is 19.7 Å². The smallest absolute Gasteiger partial charge is 0.317 e. The highest BCUT2D eigenvalue weighted by Gasteiger charge is 2.16. The fourth-order valence-corrected chi connectivity index (χ4v) is 3.51. The summed E-state index contributed by atoms with van der Waals surface area (Å²) in [5, 5.41) is 5.21. The SMILES string of the molecule is COc1ccc(CN(C)C(=O)NCCC[C@@H]2CCOC2)c2ccccc12. The number of hydrogen-bond donors (Lipinski definition) is 1. The van der Waals surface area contributed by atoms with Crippen LogP contribution in [-0.2, 0) is 11.3 Å². The normalized spacial score (nSPS) is 16.6. The van der Waals surface area contributed by atoms with Gasteiger partial charge in [0.25, 0.3) is 0 Å². The number of benzene rings is 2. The summed E-state index contributed by atoms with van der Waals surface area (Å²) in [4.78, 5) is 14.1. The van der Waals surface area contributed by atoms with E-state index in [1.54, 1.807) is 12.0 Å². The van der Waals surface area contributed by atoms with E-state index in [4.69, 9.17) is 9.47 Å². The molecular formula is C21H28N2O3. The molecule has 3 rings (SSSR count). The van der Waals surface area contributed by atoms with Crippen molar-refractivity contribution in [3.63, 3.8) is 0 Å². The van der Waals surface area contributed by atoms with Gasteiger partial charge in [0, 0.05) is 38.7 Å². The number of urea groups is 1. The molecule has 1 heterocycles. The second-order valence-electron chi connectivity index (χ2n) is 6.93. The Morgan fingerprint density at radius 2 is 2.08 bits per heavy atom. The molecule has 1 atom stereocenters. The second-order valence-corrected chi connectivity index (χ2v) is 6.93. The van der Waals surface area contributed by atoms with Crippen LogP contribution in [0.4, 0.5) is 4.79 Å². The number of methoxy groups -OCH3 is 1. The molecule has 26 heavy (non-hydrogen) atoms. The molecular weight excluding hydrogens is 328 g/mol. The van der Waals surface area contributed by atoms with Crippen molar-refractivity contribution in [3.05, 3.63) is 42.0 Å². The van der Waals surface area contributed by atoms with Crippen LogP contribution in [0.5, 0.6) is 5.75 Å². The molecule has 0 aliphatic carbocycles. The molecule has 2 amide bonds. The van der Waals surface area contributed by atoms with Crippen LogP contribution in [0, 0.1) is 5.92 Å². The van der Waals surface area contributed by atoms with E-state index in [1.165, 1.54) is 0 Å². The van der Waals surface area contributed by atoms with Gasteiger partial charge in [0.15, 0.2) is 0 Å². The van der Waals surface area contributed by atoms with Crippen molar-refractivity contribution in [1.82, 2.24) is 10.2 Å². The lowest BCUT2D eigenvalue weighted by atomic mass is 10.0. The van der Waals surface area contributed by atoms with Crippen LogP contribution >= 0.6 is 0 Å². The number of ether oxygens (including phenoxy) is 2. The average molecular weight is 356 g/mol. The van der Waals surface area contributed by atoms with Crippen molar-refractivity contribution < 1.29 is 14.3 Å². The molecule has 0 aromatic heterocycles. The van der Waals surface area contributed by atoms with Gasteiger partial charge in [-0.15, -0.1) is 0 Å². The number of carbonyl (C=O) groups excluding carboxylic acids is 1. The summed E-state index contributed by atoms with van der Waals surface area (Å²) in [6.07, 6.45) is 3.27. The minimum atomic E-state index is -0.0347. The molecule has 2 aromatic rings. The molecule has 0 spiro atoms. The van der Waals surface area contributed by atoms with E-state index in [-0.39, 0.29) is 6.03 Å². The molecule has 1 fully saturated rings. The maximum Gasteiger partial charge on any atom is 0.317 e. The van der Waals surface area contributed by atoms with Crippen LogP contribution in [0.15, 0.2) is 36.4 Å². The van der Waals surface area contributed by atoms with E-state index >= 15 is 0 Å². The van der Waals surface area contributed by atoms with Gasteiger partial charge in [-0.2, -0.15) is 0 Å². The summed E-state index contributed by atoms with van der Waals surface area (Å²) in [5.41, 5.74) is 1.11. The van der Waals surface area contributed by atoms with Gasteiger partial charge in [-0.1, -0.05) is 30.3 Å². The first-order valence-electron chi connectivity index (χ1n) is 9.30. The van der Waals surface area contributed by atoms with Crippen LogP contribution in [0.3, 0.4) is 0 Å². The van der Waals surface area contributed by atoms with Crippen molar-refractivity contribution in [3.8, 4) is 5.75 Å². The van der Waals surface area contributed by atoms with Crippen molar-refractivity contribution in [2.45, 2.75) is 25.8 Å². The predicted molar refractivity (Wildman–Crippen MR) is 104 cm³/mol. The largest absolute Gasteiger partial charge is 0.496 e. The van der Waals surface area contributed by atoms with Crippen molar-refractivity contribution in [1.29, 1.82) is 0 Å². The Morgan fingerprint density at radius 1 is 1.27 bits per heavy atom. The Morgan fingerprint density at radius 3 is 2.81 bits per heavy atom. The van der Waals surface area contributed by atoms with Gasteiger partial charge in [0.05, 0.1) is 7.11 Å². The van der Waals surface area contributed by atoms with Crippen LogP contribution in [0.25, 0.3) is 10.8 Å². The summed E-state index contributed by atoms with van der Waals surface area (Å²) in [7, 11) is 3.51. The van der Waals surface area contributed by atoms with Crippen LogP contribution < -0.4 is 10.1 Å². The highest BCUT2D eigenvalue weighted by atomic mass is 16.5. The van der Waals surface area contributed by atoms with Gasteiger partial charge in [0.1, 0.15) is 5.75 Å². The number of amides is 2. The fraction of sp³-hybridized carbons (Fsp3) is 0.476. The number of hydrogen-bond acceptors (Lipinski definition) is 3. The van der Waals surface area contributed by atoms with Gasteiger partial charge >= 0.3 is 6.03 Å². The van der Waals surface area contributed by atoms with E-state index < -0.39 is 0 Å². The Bertz CT molecular complexity index is 741. The molecule has 0 saturated carbocycles. The predicted octanol–water partition coefficient (Wildman–Crippen LogP) is 3.81. The number of carbonyl (C=O) groups is 1. The topological polar surface area (TPSA) is 50.8 Å². The third kappa shape index (κ3) is 4.47. The van der Waals surface area contributed by atoms with Gasteiger partial charge in [0.2, 0.25) is 0 Å². The maximum atomic E-state index is 12.4. The Balaban J connectivity index is 1.54. The Kier molecular flexibility index (Phi) is 6.34. The molecule has 0 bridgehead atoms. The van der Waals surface area contributed by atoms with Crippen LogP contribution in [-0.4, -0.2) is 44.8 Å². The summed E-state index contributed by atoms with van der Waals surface area (Å²) >= 11 is 0. The van der Waals surface area contributed by atoms with Crippen molar-refractivity contribution in [2.75, 3.05) is 33.9 Å². The number of nitrogens with zero attached hydrogens (tertiary/aromatic N) is 1. The zero-order valence-electron chi connectivity index (χ0n) is 15.7. The monoisotopic (exact) mass is 356 g/mol. The lowest BCUT2D eigenvalue weighted by Gasteiger charge is -2.20. The molecule has 1 aliphatic rings. The van der Waals surface area contributed by atoms with E-state index in [1.807, 2.05) is 37.4 Å². The van der Waals surface area contributed by atoms with Gasteiger partial charge in [-0.25, -0.2) is 4.79 Å². The molecule has 0 radical (unpaired) electrons. The highest BCUT2D eigenvalue weighted by molar-refractivity contribution is 5.91. The Hall–Kier alpha value is -2.27. The van der Waals surface area contributed by atoms with Gasteiger partial charge in [-0.3, -0.25) is 0 Å². The average Bonchev–Trinajstić information content (AvgIpc) is 3.18. The molecule has 140 valence electrons. The molecule has 5 heteroatoms. The molecule has 5 nitrogen and oxygen atoms in total. The first kappa shape index (κ1) is 18.5. The van der Waals surface area contributed by atoms with Crippen molar-refractivity contribution in [2.24, 2.45) is 5.92 Å². The summed E-state index contributed by atoms with van der Waals surface area (Å²) in [5.74, 6) is 1.52. The minimum Gasteiger partial charge on any atom is -0.496 e. The maximum absolute atomic E-state index is 12.4. The highest BCUT2D eigenvalue weighted by Crippen LogP contribution is 2.28. The second kappa shape index (κ2) is 8.90. The van der Waals surface area contributed by atoms with E-state index in [0.717, 1.165) is 54.6 Å². The third-order valence-corrected chi connectivity index (χ3v) is 5.04. The van der Waals surface area contributed by atoms with E-state index in [9.17, 15) is 4.79 Å².